The van der Waals surface area contributed by atoms with Crippen LogP contribution in [0, 0.1) is 0 Å². The summed E-state index contributed by atoms with van der Waals surface area (Å²) in [6.45, 7) is 3.64. The minimum absolute atomic E-state index is 0. The smallest absolute Gasteiger partial charge is 0.323 e. The summed E-state index contributed by atoms with van der Waals surface area (Å²) in [5.74, 6) is 0.605. The Morgan fingerprint density at radius 1 is 1.54 bits per heavy atom. The normalized spacial score (nSPS) is 12.1. The summed E-state index contributed by atoms with van der Waals surface area (Å²) in [7, 11) is 0. The quantitative estimate of drug-likeness (QED) is 0.723. The van der Waals surface area contributed by atoms with E-state index in [0.29, 0.717) is 6.42 Å². The van der Waals surface area contributed by atoms with Gasteiger partial charge in [0.2, 0.25) is 0 Å². The highest BCUT2D eigenvalue weighted by Gasteiger charge is 2.15. The number of halogens is 1. The largest absolute Gasteiger partial charge is 0.462 e. The third-order valence-corrected chi connectivity index (χ3v) is 1.93. The zero-order chi connectivity index (χ0) is 9.56. The van der Waals surface area contributed by atoms with Gasteiger partial charge in [-0.2, -0.15) is 11.8 Å². The lowest BCUT2D eigenvalue weighted by Gasteiger charge is -2.12. The molecular formula is C8H18ClNO2S. The van der Waals surface area contributed by atoms with Crippen LogP contribution in [0.3, 0.4) is 0 Å². The number of carbonyl (C=O) groups is 1. The first-order valence-electron chi connectivity index (χ1n) is 4.03. The zero-order valence-electron chi connectivity index (χ0n) is 8.28. The fraction of sp³-hybridized carbons (Fsp3) is 0.875. The Morgan fingerprint density at radius 3 is 2.46 bits per heavy atom. The van der Waals surface area contributed by atoms with E-state index in [2.05, 4.69) is 0 Å². The number of ether oxygens (including phenoxy) is 1. The van der Waals surface area contributed by atoms with Crippen LogP contribution in [-0.4, -0.2) is 30.1 Å². The monoisotopic (exact) mass is 227 g/mol. The van der Waals surface area contributed by atoms with Gasteiger partial charge in [0.05, 0.1) is 6.10 Å². The van der Waals surface area contributed by atoms with Gasteiger partial charge >= 0.3 is 5.97 Å². The average molecular weight is 228 g/mol. The fourth-order valence-corrected chi connectivity index (χ4v) is 1.17. The Kier molecular flexibility index (Phi) is 10.3. The van der Waals surface area contributed by atoms with Crippen molar-refractivity contribution in [3.63, 3.8) is 0 Å². The van der Waals surface area contributed by atoms with Crippen molar-refractivity contribution in [2.75, 3.05) is 12.0 Å². The Morgan fingerprint density at radius 2 is 2.08 bits per heavy atom. The molecule has 3 nitrogen and oxygen atoms in total. The molecule has 0 aromatic heterocycles. The number of hydrogen-bond acceptors (Lipinski definition) is 4. The van der Waals surface area contributed by atoms with Crippen molar-refractivity contribution in [1.82, 2.24) is 0 Å². The molecule has 0 amide bonds. The van der Waals surface area contributed by atoms with E-state index in [-0.39, 0.29) is 24.5 Å². The first-order chi connectivity index (χ1) is 5.57. The van der Waals surface area contributed by atoms with Crippen LogP contribution in [0.15, 0.2) is 0 Å². The van der Waals surface area contributed by atoms with E-state index >= 15 is 0 Å². The van der Waals surface area contributed by atoms with Crippen LogP contribution < -0.4 is 5.73 Å². The maximum Gasteiger partial charge on any atom is 0.323 e. The van der Waals surface area contributed by atoms with Crippen molar-refractivity contribution in [2.24, 2.45) is 5.73 Å². The molecule has 0 rings (SSSR count). The third-order valence-electron chi connectivity index (χ3n) is 1.29. The van der Waals surface area contributed by atoms with Crippen LogP contribution in [0.2, 0.25) is 0 Å². The maximum atomic E-state index is 11.1. The molecule has 0 radical (unpaired) electrons. The highest BCUT2D eigenvalue weighted by molar-refractivity contribution is 7.98. The van der Waals surface area contributed by atoms with Crippen LogP contribution in [0.25, 0.3) is 0 Å². The Balaban J connectivity index is 0. The summed E-state index contributed by atoms with van der Waals surface area (Å²) < 4.78 is 4.94. The Hall–Kier alpha value is 0.0700. The molecule has 5 heteroatoms. The third kappa shape index (κ3) is 8.40. The van der Waals surface area contributed by atoms with E-state index in [1.165, 1.54) is 0 Å². The lowest BCUT2D eigenvalue weighted by molar-refractivity contribution is -0.149. The molecule has 0 spiro atoms. The van der Waals surface area contributed by atoms with Gasteiger partial charge in [0.25, 0.3) is 0 Å². The molecule has 0 fully saturated rings. The highest BCUT2D eigenvalue weighted by Crippen LogP contribution is 2.01. The van der Waals surface area contributed by atoms with E-state index in [1.54, 1.807) is 11.8 Å². The van der Waals surface area contributed by atoms with Crippen LogP contribution in [-0.2, 0) is 9.53 Å². The van der Waals surface area contributed by atoms with Gasteiger partial charge < -0.3 is 10.5 Å². The fourth-order valence-electron chi connectivity index (χ4n) is 0.682. The van der Waals surface area contributed by atoms with Crippen LogP contribution in [0.1, 0.15) is 20.3 Å². The van der Waals surface area contributed by atoms with Crippen LogP contribution in [0.4, 0.5) is 0 Å². The van der Waals surface area contributed by atoms with Crippen molar-refractivity contribution in [3.8, 4) is 0 Å². The highest BCUT2D eigenvalue weighted by atomic mass is 35.5. The SMILES string of the molecule is CSCC[C@@H](N)C(=O)OC(C)C.Cl. The molecule has 13 heavy (non-hydrogen) atoms. The number of esters is 1. The molecule has 0 bridgehead atoms. The number of nitrogens with two attached hydrogens (primary N) is 1. The van der Waals surface area contributed by atoms with Gasteiger partial charge in [0.15, 0.2) is 0 Å². The van der Waals surface area contributed by atoms with Gasteiger partial charge in [-0.25, -0.2) is 0 Å². The van der Waals surface area contributed by atoms with E-state index in [9.17, 15) is 4.79 Å². The second-order valence-electron chi connectivity index (χ2n) is 2.87. The second kappa shape index (κ2) is 8.66. The minimum atomic E-state index is -0.458. The topological polar surface area (TPSA) is 52.3 Å². The summed E-state index contributed by atoms with van der Waals surface area (Å²) in [4.78, 5) is 11.1. The first kappa shape index (κ1) is 15.5. The lowest BCUT2D eigenvalue weighted by atomic mass is 10.2. The second-order valence-corrected chi connectivity index (χ2v) is 3.86. The van der Waals surface area contributed by atoms with Crippen LogP contribution in [0.5, 0.6) is 0 Å². The Bertz CT molecular complexity index is 144. The van der Waals surface area contributed by atoms with E-state index in [0.717, 1.165) is 5.75 Å². The van der Waals surface area contributed by atoms with Crippen LogP contribution >= 0.6 is 24.2 Å². The summed E-state index contributed by atoms with van der Waals surface area (Å²) in [5.41, 5.74) is 5.56. The molecule has 0 aliphatic carbocycles. The summed E-state index contributed by atoms with van der Waals surface area (Å²) >= 11 is 1.68. The molecule has 80 valence electrons. The van der Waals surface area contributed by atoms with E-state index in [1.807, 2.05) is 20.1 Å². The molecule has 1 atom stereocenters. The van der Waals surface area contributed by atoms with E-state index in [4.69, 9.17) is 10.5 Å². The number of hydrogen-bond donors (Lipinski definition) is 1. The van der Waals surface area contributed by atoms with Gasteiger partial charge in [0.1, 0.15) is 6.04 Å². The predicted molar refractivity (Wildman–Crippen MR) is 59.5 cm³/mol. The molecule has 0 heterocycles. The van der Waals surface area contributed by atoms with Gasteiger partial charge in [-0.1, -0.05) is 0 Å². The number of thioether (sulfide) groups is 1. The molecule has 0 unspecified atom stereocenters. The minimum Gasteiger partial charge on any atom is -0.462 e. The molecule has 0 saturated carbocycles. The summed E-state index contributed by atoms with van der Waals surface area (Å²) in [5, 5.41) is 0. The standard InChI is InChI=1S/C8H17NO2S.ClH/c1-6(2)11-8(10)7(9)4-5-12-3;/h6-7H,4-5,9H2,1-3H3;1H/t7-;/m1./s1. The summed E-state index contributed by atoms with van der Waals surface area (Å²) in [6.07, 6.45) is 2.60. The van der Waals surface area contributed by atoms with Gasteiger partial charge in [-0.3, -0.25) is 4.79 Å². The molecule has 2 N–H and O–H groups in total. The number of carbonyl (C=O) groups excluding carboxylic acids is 1. The Labute approximate surface area is 90.2 Å². The van der Waals surface area contributed by atoms with Gasteiger partial charge in [-0.05, 0) is 32.3 Å². The number of rotatable bonds is 5. The molecule has 0 aromatic rings. The molecule has 0 saturated heterocycles. The van der Waals surface area contributed by atoms with Gasteiger partial charge in [0, 0.05) is 0 Å². The molecular weight excluding hydrogens is 210 g/mol. The molecule has 0 aliphatic heterocycles. The first-order valence-corrected chi connectivity index (χ1v) is 5.42. The van der Waals surface area contributed by atoms with Gasteiger partial charge in [-0.15, -0.1) is 12.4 Å². The average Bonchev–Trinajstić information content (AvgIpc) is 1.98. The van der Waals surface area contributed by atoms with Crippen molar-refractivity contribution in [3.05, 3.63) is 0 Å². The van der Waals surface area contributed by atoms with Crippen molar-refractivity contribution in [1.29, 1.82) is 0 Å². The van der Waals surface area contributed by atoms with E-state index < -0.39 is 6.04 Å². The van der Waals surface area contributed by atoms with Crippen molar-refractivity contribution >= 4 is 30.1 Å². The van der Waals surface area contributed by atoms with Crippen molar-refractivity contribution < 1.29 is 9.53 Å². The maximum absolute atomic E-state index is 11.1. The molecule has 0 aliphatic rings. The predicted octanol–water partition coefficient (Wildman–Crippen LogP) is 1.44. The van der Waals surface area contributed by atoms with Crippen molar-refractivity contribution in [2.45, 2.75) is 32.4 Å². The summed E-state index contributed by atoms with van der Waals surface area (Å²) in [6, 6.07) is -0.458. The lowest BCUT2D eigenvalue weighted by Crippen LogP contribution is -2.34. The molecule has 0 aromatic carbocycles. The zero-order valence-corrected chi connectivity index (χ0v) is 9.91.